The molecule has 1 aromatic heterocycles. The number of hydrogen-bond donors (Lipinski definition) is 1. The quantitative estimate of drug-likeness (QED) is 0.444. The summed E-state index contributed by atoms with van der Waals surface area (Å²) in [5.74, 6) is 0.499. The van der Waals surface area contributed by atoms with E-state index in [0.717, 1.165) is 0 Å². The van der Waals surface area contributed by atoms with Crippen molar-refractivity contribution in [1.82, 2.24) is 4.98 Å². The molecule has 1 unspecified atom stereocenters. The smallest absolute Gasteiger partial charge is 0.213 e. The predicted octanol–water partition coefficient (Wildman–Crippen LogP) is 1.40. The summed E-state index contributed by atoms with van der Waals surface area (Å²) in [7, 11) is 1.53. The Kier molecular flexibility index (Phi) is 3.72. The maximum atomic E-state index is 8.12. The van der Waals surface area contributed by atoms with Gasteiger partial charge in [-0.15, -0.1) is 0 Å². The average Bonchev–Trinajstić information content (AvgIpc) is 2.26. The second kappa shape index (κ2) is 5.06. The van der Waals surface area contributed by atoms with E-state index in [-0.39, 0.29) is 12.6 Å². The number of azide groups is 1. The molecule has 74 valence electrons. The van der Waals surface area contributed by atoms with Crippen LogP contribution < -0.4 is 10.5 Å². The number of nitrogens with zero attached hydrogens (tertiary/aromatic N) is 4. The highest BCUT2D eigenvalue weighted by Gasteiger charge is 2.06. The summed E-state index contributed by atoms with van der Waals surface area (Å²) < 4.78 is 4.94. The Bertz CT molecular complexity index is 347. The summed E-state index contributed by atoms with van der Waals surface area (Å²) in [6.45, 7) is 0.191. The van der Waals surface area contributed by atoms with Crippen molar-refractivity contribution in [3.05, 3.63) is 34.3 Å². The SMILES string of the molecule is COc1cccc(C(N)CN=[N+]=[N-])n1. The second-order valence-electron chi connectivity index (χ2n) is 2.62. The molecule has 0 amide bonds. The van der Waals surface area contributed by atoms with Crippen LogP contribution in [0.2, 0.25) is 0 Å². The van der Waals surface area contributed by atoms with Gasteiger partial charge in [-0.1, -0.05) is 11.2 Å². The van der Waals surface area contributed by atoms with Crippen molar-refractivity contribution < 1.29 is 4.74 Å². The van der Waals surface area contributed by atoms with Gasteiger partial charge in [0.15, 0.2) is 0 Å². The minimum Gasteiger partial charge on any atom is -0.481 e. The molecule has 0 saturated carbocycles. The van der Waals surface area contributed by atoms with Crippen LogP contribution in [0.5, 0.6) is 5.88 Å². The van der Waals surface area contributed by atoms with E-state index in [2.05, 4.69) is 15.0 Å². The van der Waals surface area contributed by atoms with E-state index in [0.29, 0.717) is 11.6 Å². The van der Waals surface area contributed by atoms with Gasteiger partial charge in [-0.05, 0) is 11.6 Å². The highest BCUT2D eigenvalue weighted by Crippen LogP contribution is 2.12. The Labute approximate surface area is 81.3 Å². The molecule has 0 aliphatic carbocycles. The fourth-order valence-corrected chi connectivity index (χ4v) is 0.969. The summed E-state index contributed by atoms with van der Waals surface area (Å²) >= 11 is 0. The molecule has 1 aromatic rings. The third-order valence-corrected chi connectivity index (χ3v) is 1.68. The van der Waals surface area contributed by atoms with Crippen LogP contribution in [-0.2, 0) is 0 Å². The zero-order chi connectivity index (χ0) is 10.4. The van der Waals surface area contributed by atoms with Gasteiger partial charge in [0.2, 0.25) is 5.88 Å². The summed E-state index contributed by atoms with van der Waals surface area (Å²) in [5.41, 5.74) is 14.5. The molecule has 1 heterocycles. The minimum atomic E-state index is -0.388. The van der Waals surface area contributed by atoms with Gasteiger partial charge in [-0.2, -0.15) is 0 Å². The van der Waals surface area contributed by atoms with Gasteiger partial charge >= 0.3 is 0 Å². The second-order valence-corrected chi connectivity index (χ2v) is 2.62. The lowest BCUT2D eigenvalue weighted by molar-refractivity contribution is 0.395. The molecule has 0 aromatic carbocycles. The van der Waals surface area contributed by atoms with Crippen LogP contribution in [0.15, 0.2) is 23.3 Å². The Morgan fingerprint density at radius 1 is 1.71 bits per heavy atom. The Morgan fingerprint density at radius 2 is 2.50 bits per heavy atom. The molecular formula is C8H11N5O. The van der Waals surface area contributed by atoms with E-state index in [9.17, 15) is 0 Å². The van der Waals surface area contributed by atoms with Gasteiger partial charge in [0, 0.05) is 17.5 Å². The molecule has 6 heteroatoms. The lowest BCUT2D eigenvalue weighted by Crippen LogP contribution is -2.15. The fourth-order valence-electron chi connectivity index (χ4n) is 0.969. The van der Waals surface area contributed by atoms with Gasteiger partial charge in [0.1, 0.15) is 0 Å². The normalized spacial score (nSPS) is 11.6. The maximum Gasteiger partial charge on any atom is 0.213 e. The van der Waals surface area contributed by atoms with Gasteiger partial charge in [0.05, 0.1) is 18.8 Å². The number of nitrogens with two attached hydrogens (primary N) is 1. The molecule has 14 heavy (non-hydrogen) atoms. The van der Waals surface area contributed by atoms with Gasteiger partial charge in [-0.25, -0.2) is 4.98 Å². The average molecular weight is 193 g/mol. The summed E-state index contributed by atoms with van der Waals surface area (Å²) in [6, 6.07) is 4.89. The molecule has 0 saturated heterocycles. The van der Waals surface area contributed by atoms with Crippen molar-refractivity contribution in [2.75, 3.05) is 13.7 Å². The summed E-state index contributed by atoms with van der Waals surface area (Å²) in [6.07, 6.45) is 0. The number of ether oxygens (including phenoxy) is 1. The number of methoxy groups -OCH3 is 1. The monoisotopic (exact) mass is 193 g/mol. The standard InChI is InChI=1S/C8H11N5O/c1-14-8-4-2-3-7(12-8)6(9)5-11-13-10/h2-4,6H,5,9H2,1H3. The largest absolute Gasteiger partial charge is 0.481 e. The van der Waals surface area contributed by atoms with Crippen LogP contribution in [0.4, 0.5) is 0 Å². The van der Waals surface area contributed by atoms with Crippen molar-refractivity contribution in [2.24, 2.45) is 10.8 Å². The van der Waals surface area contributed by atoms with Crippen LogP contribution >= 0.6 is 0 Å². The number of pyridine rings is 1. The zero-order valence-corrected chi connectivity index (χ0v) is 7.79. The lowest BCUT2D eigenvalue weighted by Gasteiger charge is -2.08. The molecule has 0 aliphatic heterocycles. The third-order valence-electron chi connectivity index (χ3n) is 1.68. The Balaban J connectivity index is 2.78. The van der Waals surface area contributed by atoms with Crippen molar-refractivity contribution in [3.8, 4) is 5.88 Å². The summed E-state index contributed by atoms with van der Waals surface area (Å²) in [4.78, 5) is 6.74. The Morgan fingerprint density at radius 3 is 3.14 bits per heavy atom. The first-order valence-electron chi connectivity index (χ1n) is 4.05. The van der Waals surface area contributed by atoms with Crippen LogP contribution in [0, 0.1) is 0 Å². The molecule has 0 bridgehead atoms. The minimum absolute atomic E-state index is 0.191. The van der Waals surface area contributed by atoms with E-state index in [1.54, 1.807) is 18.2 Å². The van der Waals surface area contributed by atoms with Crippen molar-refractivity contribution >= 4 is 0 Å². The first kappa shape index (κ1) is 10.3. The molecule has 1 rings (SSSR count). The first-order valence-corrected chi connectivity index (χ1v) is 4.05. The number of aromatic nitrogens is 1. The third kappa shape index (κ3) is 2.62. The molecule has 0 spiro atoms. The van der Waals surface area contributed by atoms with E-state index in [1.807, 2.05) is 0 Å². The van der Waals surface area contributed by atoms with Crippen LogP contribution in [0.3, 0.4) is 0 Å². The molecule has 1 atom stereocenters. The number of hydrogen-bond acceptors (Lipinski definition) is 4. The van der Waals surface area contributed by atoms with E-state index < -0.39 is 0 Å². The number of rotatable bonds is 4. The van der Waals surface area contributed by atoms with Crippen LogP contribution in [0.1, 0.15) is 11.7 Å². The highest BCUT2D eigenvalue weighted by atomic mass is 16.5. The molecule has 0 fully saturated rings. The first-order chi connectivity index (χ1) is 6.77. The molecule has 0 aliphatic rings. The van der Waals surface area contributed by atoms with Crippen LogP contribution in [0.25, 0.3) is 10.4 Å². The molecule has 6 nitrogen and oxygen atoms in total. The lowest BCUT2D eigenvalue weighted by atomic mass is 10.2. The van der Waals surface area contributed by atoms with Crippen molar-refractivity contribution in [2.45, 2.75) is 6.04 Å². The Hall–Kier alpha value is -1.78. The summed E-state index contributed by atoms with van der Waals surface area (Å²) in [5, 5.41) is 3.38. The van der Waals surface area contributed by atoms with Gasteiger partial charge in [-0.3, -0.25) is 0 Å². The molecule has 0 radical (unpaired) electrons. The van der Waals surface area contributed by atoms with Gasteiger partial charge in [0.25, 0.3) is 0 Å². The predicted molar refractivity (Wildman–Crippen MR) is 51.7 cm³/mol. The zero-order valence-electron chi connectivity index (χ0n) is 7.79. The molecular weight excluding hydrogens is 182 g/mol. The van der Waals surface area contributed by atoms with Crippen molar-refractivity contribution in [3.63, 3.8) is 0 Å². The fraction of sp³-hybridized carbons (Fsp3) is 0.375. The molecule has 2 N–H and O–H groups in total. The van der Waals surface area contributed by atoms with Crippen molar-refractivity contribution in [1.29, 1.82) is 0 Å². The maximum absolute atomic E-state index is 8.12. The topological polar surface area (TPSA) is 96.9 Å². The highest BCUT2D eigenvalue weighted by molar-refractivity contribution is 5.18. The van der Waals surface area contributed by atoms with E-state index >= 15 is 0 Å². The van der Waals surface area contributed by atoms with E-state index in [4.69, 9.17) is 16.0 Å². The van der Waals surface area contributed by atoms with Gasteiger partial charge < -0.3 is 10.5 Å². The van der Waals surface area contributed by atoms with Crippen LogP contribution in [-0.4, -0.2) is 18.6 Å². The van der Waals surface area contributed by atoms with E-state index in [1.165, 1.54) is 7.11 Å².